The molecule has 2 aromatic carbocycles. The van der Waals surface area contributed by atoms with Gasteiger partial charge in [-0.05, 0) is 34.9 Å². The predicted octanol–water partition coefficient (Wildman–Crippen LogP) is 3.73. The van der Waals surface area contributed by atoms with Gasteiger partial charge in [-0.3, -0.25) is 0 Å². The molecule has 74 valence electrons. The number of fused-ring (bicyclic) bond motifs is 3. The third-order valence-corrected chi connectivity index (χ3v) is 3.37. The summed E-state index contributed by atoms with van der Waals surface area (Å²) in [7, 11) is 0. The Kier molecular flexibility index (Phi) is 1.86. The maximum Gasteiger partial charge on any atom is 0.119 e. The third-order valence-electron chi connectivity index (χ3n) is 2.88. The lowest BCUT2D eigenvalue weighted by Gasteiger charge is -2.01. The monoisotopic (exact) mass is 260 g/mol. The van der Waals surface area contributed by atoms with Crippen molar-refractivity contribution in [1.29, 1.82) is 0 Å². The zero-order chi connectivity index (χ0) is 10.4. The standard InChI is InChI=1S/C13H9BrO/c14-9-4-5-10-8(6-9)7-12-11(10)2-1-3-13(12)15/h1-6,15H,7H2. The van der Waals surface area contributed by atoms with Crippen LogP contribution in [0.3, 0.4) is 0 Å². The van der Waals surface area contributed by atoms with E-state index >= 15 is 0 Å². The van der Waals surface area contributed by atoms with Gasteiger partial charge >= 0.3 is 0 Å². The lowest BCUT2D eigenvalue weighted by Crippen LogP contribution is -1.80. The van der Waals surface area contributed by atoms with Gasteiger partial charge in [0.25, 0.3) is 0 Å². The van der Waals surface area contributed by atoms with Crippen molar-refractivity contribution in [1.82, 2.24) is 0 Å². The lowest BCUT2D eigenvalue weighted by atomic mass is 10.1. The van der Waals surface area contributed by atoms with E-state index in [2.05, 4.69) is 34.1 Å². The molecule has 2 heteroatoms. The Balaban J connectivity index is 2.28. The minimum atomic E-state index is 0.403. The maximum absolute atomic E-state index is 9.76. The minimum Gasteiger partial charge on any atom is -0.508 e. The molecule has 1 aliphatic rings. The summed E-state index contributed by atoms with van der Waals surface area (Å²) in [6, 6.07) is 12.0. The molecule has 0 aromatic heterocycles. The second-order valence-corrected chi connectivity index (χ2v) is 4.70. The molecule has 3 rings (SSSR count). The summed E-state index contributed by atoms with van der Waals surface area (Å²) in [5.74, 6) is 0.403. The van der Waals surface area contributed by atoms with E-state index < -0.39 is 0 Å². The van der Waals surface area contributed by atoms with Gasteiger partial charge < -0.3 is 5.11 Å². The van der Waals surface area contributed by atoms with Crippen LogP contribution in [0.1, 0.15) is 11.1 Å². The van der Waals surface area contributed by atoms with Crippen LogP contribution in [0.2, 0.25) is 0 Å². The van der Waals surface area contributed by atoms with Crippen LogP contribution in [0.25, 0.3) is 11.1 Å². The van der Waals surface area contributed by atoms with E-state index in [0.29, 0.717) is 5.75 Å². The second-order valence-electron chi connectivity index (χ2n) is 3.78. The average Bonchev–Trinajstić information content (AvgIpc) is 2.57. The Morgan fingerprint density at radius 1 is 1.07 bits per heavy atom. The molecule has 0 amide bonds. The van der Waals surface area contributed by atoms with Gasteiger partial charge in [-0.15, -0.1) is 0 Å². The Bertz CT molecular complexity index is 546. The molecule has 0 saturated heterocycles. The first kappa shape index (κ1) is 8.98. The first-order chi connectivity index (χ1) is 7.25. The second kappa shape index (κ2) is 3.11. The van der Waals surface area contributed by atoms with Crippen molar-refractivity contribution in [3.63, 3.8) is 0 Å². The van der Waals surface area contributed by atoms with Gasteiger partial charge in [-0.1, -0.05) is 34.1 Å². The SMILES string of the molecule is Oc1cccc2c1Cc1cc(Br)ccc1-2. The number of hydrogen-bond acceptors (Lipinski definition) is 1. The van der Waals surface area contributed by atoms with Gasteiger partial charge in [-0.25, -0.2) is 0 Å². The van der Waals surface area contributed by atoms with Crippen molar-refractivity contribution in [2.24, 2.45) is 0 Å². The fraction of sp³-hybridized carbons (Fsp3) is 0.0769. The van der Waals surface area contributed by atoms with Gasteiger partial charge in [0, 0.05) is 16.5 Å². The molecule has 0 atom stereocenters. The number of phenolic OH excluding ortho intramolecular Hbond substituents is 1. The van der Waals surface area contributed by atoms with Gasteiger partial charge in [0.2, 0.25) is 0 Å². The van der Waals surface area contributed by atoms with Crippen LogP contribution in [-0.4, -0.2) is 5.11 Å². The zero-order valence-corrected chi connectivity index (χ0v) is 9.58. The number of phenols is 1. The number of hydrogen-bond donors (Lipinski definition) is 1. The number of aromatic hydroxyl groups is 1. The van der Waals surface area contributed by atoms with Crippen molar-refractivity contribution in [3.05, 3.63) is 52.0 Å². The van der Waals surface area contributed by atoms with Crippen LogP contribution in [0.15, 0.2) is 40.9 Å². The molecule has 0 spiro atoms. The van der Waals surface area contributed by atoms with Crippen molar-refractivity contribution in [3.8, 4) is 16.9 Å². The van der Waals surface area contributed by atoms with E-state index in [0.717, 1.165) is 22.0 Å². The molecule has 15 heavy (non-hydrogen) atoms. The van der Waals surface area contributed by atoms with E-state index in [9.17, 15) is 5.11 Å². The Hall–Kier alpha value is -1.28. The van der Waals surface area contributed by atoms with Crippen LogP contribution < -0.4 is 0 Å². The molecule has 0 radical (unpaired) electrons. The number of rotatable bonds is 0. The third kappa shape index (κ3) is 1.29. The summed E-state index contributed by atoms with van der Waals surface area (Å²) in [5.41, 5.74) is 4.73. The van der Waals surface area contributed by atoms with E-state index in [-0.39, 0.29) is 0 Å². The molecule has 1 nitrogen and oxygen atoms in total. The molecular weight excluding hydrogens is 252 g/mol. The Labute approximate surface area is 96.5 Å². The minimum absolute atomic E-state index is 0.403. The highest BCUT2D eigenvalue weighted by atomic mass is 79.9. The van der Waals surface area contributed by atoms with Gasteiger partial charge in [0.1, 0.15) is 5.75 Å². The summed E-state index contributed by atoms with van der Waals surface area (Å²) in [5, 5.41) is 9.76. The highest BCUT2D eigenvalue weighted by Gasteiger charge is 2.20. The van der Waals surface area contributed by atoms with Crippen LogP contribution in [0.5, 0.6) is 5.75 Å². The molecule has 1 aliphatic carbocycles. The molecule has 1 N–H and O–H groups in total. The summed E-state index contributed by atoms with van der Waals surface area (Å²) in [4.78, 5) is 0. The molecule has 2 aromatic rings. The van der Waals surface area contributed by atoms with E-state index in [1.54, 1.807) is 6.07 Å². The maximum atomic E-state index is 9.76. The molecule has 0 aliphatic heterocycles. The van der Waals surface area contributed by atoms with E-state index in [1.807, 2.05) is 12.1 Å². The van der Waals surface area contributed by atoms with Crippen LogP contribution >= 0.6 is 15.9 Å². The van der Waals surface area contributed by atoms with Gasteiger partial charge in [0.05, 0.1) is 0 Å². The smallest absolute Gasteiger partial charge is 0.119 e. The van der Waals surface area contributed by atoms with Crippen LogP contribution in [-0.2, 0) is 6.42 Å². The van der Waals surface area contributed by atoms with Crippen molar-refractivity contribution < 1.29 is 5.11 Å². The summed E-state index contributed by atoms with van der Waals surface area (Å²) < 4.78 is 1.09. The zero-order valence-electron chi connectivity index (χ0n) is 8.00. The highest BCUT2D eigenvalue weighted by Crippen LogP contribution is 2.41. The average molecular weight is 261 g/mol. The first-order valence-corrected chi connectivity index (χ1v) is 5.64. The van der Waals surface area contributed by atoms with Gasteiger partial charge in [-0.2, -0.15) is 0 Å². The topological polar surface area (TPSA) is 20.2 Å². The quantitative estimate of drug-likeness (QED) is 0.653. The number of benzene rings is 2. The van der Waals surface area contributed by atoms with Crippen molar-refractivity contribution >= 4 is 15.9 Å². The van der Waals surface area contributed by atoms with Crippen LogP contribution in [0, 0.1) is 0 Å². The predicted molar refractivity (Wildman–Crippen MR) is 64.0 cm³/mol. The van der Waals surface area contributed by atoms with E-state index in [1.165, 1.54) is 11.1 Å². The fourth-order valence-corrected chi connectivity index (χ4v) is 2.58. The van der Waals surface area contributed by atoms with Crippen molar-refractivity contribution in [2.75, 3.05) is 0 Å². The normalized spacial score (nSPS) is 12.3. The highest BCUT2D eigenvalue weighted by molar-refractivity contribution is 9.10. The Morgan fingerprint density at radius 2 is 1.93 bits per heavy atom. The summed E-state index contributed by atoms with van der Waals surface area (Å²) in [6.07, 6.45) is 0.830. The molecule has 0 bridgehead atoms. The molecule has 0 unspecified atom stereocenters. The molecule has 0 fully saturated rings. The molecule has 0 heterocycles. The summed E-state index contributed by atoms with van der Waals surface area (Å²) in [6.45, 7) is 0. The Morgan fingerprint density at radius 3 is 2.80 bits per heavy atom. The summed E-state index contributed by atoms with van der Waals surface area (Å²) >= 11 is 3.47. The largest absolute Gasteiger partial charge is 0.508 e. The van der Waals surface area contributed by atoms with E-state index in [4.69, 9.17) is 0 Å². The van der Waals surface area contributed by atoms with Gasteiger partial charge in [0.15, 0.2) is 0 Å². The van der Waals surface area contributed by atoms with Crippen molar-refractivity contribution in [2.45, 2.75) is 6.42 Å². The fourth-order valence-electron chi connectivity index (χ4n) is 2.17. The molecular formula is C13H9BrO. The van der Waals surface area contributed by atoms with Crippen LogP contribution in [0.4, 0.5) is 0 Å². The first-order valence-electron chi connectivity index (χ1n) is 4.85. The number of halogens is 1. The molecule has 0 saturated carbocycles. The lowest BCUT2D eigenvalue weighted by molar-refractivity contribution is 0.470.